The summed E-state index contributed by atoms with van der Waals surface area (Å²) in [7, 11) is 0. The molecule has 1 aliphatic rings. The number of carbonyl (C=O) groups is 1. The lowest BCUT2D eigenvalue weighted by Crippen LogP contribution is -2.62. The molecule has 1 unspecified atom stereocenters. The van der Waals surface area contributed by atoms with Gasteiger partial charge >= 0.3 is 6.18 Å². The average molecular weight is 321 g/mol. The molecule has 0 aromatic heterocycles. The van der Waals surface area contributed by atoms with E-state index in [4.69, 9.17) is 17.3 Å². The quantitative estimate of drug-likeness (QED) is 0.926. The minimum absolute atomic E-state index is 0.101. The standard InChI is InChI=1S/C14H16ClF3N2O/c1-13(19,14(16,17)18)12(21)20(11-6-7-11)8-9-2-4-10(15)5-3-9/h2-5,11H,6-8,19H2,1H3. The molecule has 1 aliphatic carbocycles. The molecule has 0 saturated heterocycles. The van der Waals surface area contributed by atoms with E-state index in [0.717, 1.165) is 5.56 Å². The molecule has 1 amide bonds. The van der Waals surface area contributed by atoms with Gasteiger partial charge in [0.05, 0.1) is 0 Å². The molecule has 0 aliphatic heterocycles. The number of nitrogens with two attached hydrogens (primary N) is 1. The van der Waals surface area contributed by atoms with Crippen LogP contribution in [0.3, 0.4) is 0 Å². The summed E-state index contributed by atoms with van der Waals surface area (Å²) >= 11 is 5.77. The third kappa shape index (κ3) is 3.49. The van der Waals surface area contributed by atoms with Crippen molar-refractivity contribution in [1.29, 1.82) is 0 Å². The first-order valence-corrected chi connectivity index (χ1v) is 6.92. The molecule has 116 valence electrons. The van der Waals surface area contributed by atoms with E-state index in [9.17, 15) is 18.0 Å². The predicted molar refractivity (Wildman–Crippen MR) is 73.7 cm³/mol. The zero-order chi connectivity index (χ0) is 15.8. The van der Waals surface area contributed by atoms with Gasteiger partial charge in [0.25, 0.3) is 5.91 Å². The molecule has 7 heteroatoms. The fourth-order valence-electron chi connectivity index (χ4n) is 1.96. The number of rotatable bonds is 4. The van der Waals surface area contributed by atoms with Gasteiger partial charge in [-0.2, -0.15) is 13.2 Å². The number of hydrogen-bond acceptors (Lipinski definition) is 2. The lowest BCUT2D eigenvalue weighted by Gasteiger charge is -2.33. The molecule has 0 bridgehead atoms. The maximum atomic E-state index is 12.9. The van der Waals surface area contributed by atoms with Crippen LogP contribution in [0.15, 0.2) is 24.3 Å². The van der Waals surface area contributed by atoms with Gasteiger partial charge in [-0.15, -0.1) is 0 Å². The number of nitrogens with zero attached hydrogens (tertiary/aromatic N) is 1. The summed E-state index contributed by atoms with van der Waals surface area (Å²) < 4.78 is 38.8. The predicted octanol–water partition coefficient (Wildman–Crippen LogP) is 3.11. The van der Waals surface area contributed by atoms with Crippen molar-refractivity contribution in [2.45, 2.75) is 44.1 Å². The summed E-state index contributed by atoms with van der Waals surface area (Å²) in [5.41, 5.74) is 3.09. The van der Waals surface area contributed by atoms with Crippen LogP contribution < -0.4 is 5.73 Å². The van der Waals surface area contributed by atoms with Crippen LogP contribution in [0, 0.1) is 0 Å². The van der Waals surface area contributed by atoms with Gasteiger partial charge in [0, 0.05) is 17.6 Å². The Bertz CT molecular complexity index is 524. The third-order valence-electron chi connectivity index (χ3n) is 3.55. The summed E-state index contributed by atoms with van der Waals surface area (Å²) in [6, 6.07) is 6.48. The minimum Gasteiger partial charge on any atom is -0.333 e. The molecule has 21 heavy (non-hydrogen) atoms. The lowest BCUT2D eigenvalue weighted by atomic mass is 10.0. The van der Waals surface area contributed by atoms with Gasteiger partial charge < -0.3 is 10.6 Å². The fraction of sp³-hybridized carbons (Fsp3) is 0.500. The van der Waals surface area contributed by atoms with E-state index in [0.29, 0.717) is 24.8 Å². The Kier molecular flexibility index (Phi) is 4.22. The van der Waals surface area contributed by atoms with Gasteiger partial charge in [-0.1, -0.05) is 23.7 Å². The highest BCUT2D eigenvalue weighted by Crippen LogP contribution is 2.35. The Labute approximate surface area is 125 Å². The maximum absolute atomic E-state index is 12.9. The van der Waals surface area contributed by atoms with E-state index in [2.05, 4.69) is 0 Å². The molecule has 1 fully saturated rings. The fourth-order valence-corrected chi connectivity index (χ4v) is 2.09. The minimum atomic E-state index is -4.78. The number of alkyl halides is 3. The molecule has 2 N–H and O–H groups in total. The SMILES string of the molecule is CC(N)(C(=O)N(Cc1ccc(Cl)cc1)C1CC1)C(F)(F)F. The molecule has 2 rings (SSSR count). The van der Waals surface area contributed by atoms with E-state index >= 15 is 0 Å². The number of carbonyl (C=O) groups excluding carboxylic acids is 1. The number of benzene rings is 1. The first-order valence-electron chi connectivity index (χ1n) is 6.54. The molecule has 1 aromatic rings. The van der Waals surface area contributed by atoms with Crippen LogP contribution in [0.2, 0.25) is 5.02 Å². The Hall–Kier alpha value is -1.27. The van der Waals surface area contributed by atoms with Crippen molar-refractivity contribution in [3.63, 3.8) is 0 Å². The van der Waals surface area contributed by atoms with E-state index in [1.165, 1.54) is 4.90 Å². The second-order valence-electron chi connectivity index (χ2n) is 5.49. The molecule has 1 aromatic carbocycles. The van der Waals surface area contributed by atoms with Crippen molar-refractivity contribution < 1.29 is 18.0 Å². The Morgan fingerprint density at radius 2 is 1.86 bits per heavy atom. The molecule has 1 atom stereocenters. The highest BCUT2D eigenvalue weighted by atomic mass is 35.5. The van der Waals surface area contributed by atoms with Crippen molar-refractivity contribution in [1.82, 2.24) is 4.90 Å². The van der Waals surface area contributed by atoms with Gasteiger partial charge in [-0.3, -0.25) is 4.79 Å². The highest BCUT2D eigenvalue weighted by molar-refractivity contribution is 6.30. The number of amides is 1. The van der Waals surface area contributed by atoms with Gasteiger partial charge in [-0.05, 0) is 37.5 Å². The van der Waals surface area contributed by atoms with Gasteiger partial charge in [0.1, 0.15) is 0 Å². The van der Waals surface area contributed by atoms with E-state index < -0.39 is 17.6 Å². The summed E-state index contributed by atoms with van der Waals surface area (Å²) in [5.74, 6) is -1.09. The smallest absolute Gasteiger partial charge is 0.333 e. The first kappa shape index (κ1) is 16.1. The van der Waals surface area contributed by atoms with Crippen molar-refractivity contribution in [2.24, 2.45) is 5.73 Å². The summed E-state index contributed by atoms with van der Waals surface area (Å²) in [5, 5.41) is 0.530. The topological polar surface area (TPSA) is 46.3 Å². The van der Waals surface area contributed by atoms with E-state index in [-0.39, 0.29) is 12.6 Å². The van der Waals surface area contributed by atoms with Crippen LogP contribution in [0.1, 0.15) is 25.3 Å². The normalized spacial score (nSPS) is 18.2. The Morgan fingerprint density at radius 1 is 1.33 bits per heavy atom. The Balaban J connectivity index is 2.19. The van der Waals surface area contributed by atoms with Crippen LogP contribution in [0.4, 0.5) is 13.2 Å². The van der Waals surface area contributed by atoms with Crippen LogP contribution in [0.25, 0.3) is 0 Å². The van der Waals surface area contributed by atoms with Crippen molar-refractivity contribution in [3.8, 4) is 0 Å². The van der Waals surface area contributed by atoms with Gasteiger partial charge in [0.2, 0.25) is 0 Å². The van der Waals surface area contributed by atoms with Crippen molar-refractivity contribution in [3.05, 3.63) is 34.9 Å². The molecule has 3 nitrogen and oxygen atoms in total. The maximum Gasteiger partial charge on any atom is 0.415 e. The van der Waals surface area contributed by atoms with E-state index in [1.54, 1.807) is 24.3 Å². The van der Waals surface area contributed by atoms with Crippen LogP contribution in [0.5, 0.6) is 0 Å². The van der Waals surface area contributed by atoms with Crippen molar-refractivity contribution in [2.75, 3.05) is 0 Å². The zero-order valence-electron chi connectivity index (χ0n) is 11.5. The monoisotopic (exact) mass is 320 g/mol. The molecule has 1 saturated carbocycles. The van der Waals surface area contributed by atoms with Crippen LogP contribution in [-0.2, 0) is 11.3 Å². The summed E-state index contributed by atoms with van der Waals surface area (Å²) in [6.07, 6.45) is -3.38. The summed E-state index contributed by atoms with van der Waals surface area (Å²) in [4.78, 5) is 13.4. The van der Waals surface area contributed by atoms with Crippen LogP contribution in [-0.4, -0.2) is 28.6 Å². The molecular formula is C14H16ClF3N2O. The van der Waals surface area contributed by atoms with E-state index in [1.807, 2.05) is 0 Å². The highest BCUT2D eigenvalue weighted by Gasteiger charge is 2.56. The second-order valence-corrected chi connectivity index (χ2v) is 5.93. The molecule has 0 radical (unpaired) electrons. The van der Waals surface area contributed by atoms with Crippen LogP contribution >= 0.6 is 11.6 Å². The van der Waals surface area contributed by atoms with Gasteiger partial charge in [-0.25, -0.2) is 0 Å². The zero-order valence-corrected chi connectivity index (χ0v) is 12.2. The third-order valence-corrected chi connectivity index (χ3v) is 3.80. The Morgan fingerprint density at radius 3 is 2.29 bits per heavy atom. The number of halogens is 4. The second kappa shape index (κ2) is 5.50. The summed E-state index contributed by atoms with van der Waals surface area (Å²) in [6.45, 7) is 0.816. The molecule has 0 spiro atoms. The van der Waals surface area contributed by atoms with Crippen molar-refractivity contribution >= 4 is 17.5 Å². The molecular weight excluding hydrogens is 305 g/mol. The largest absolute Gasteiger partial charge is 0.415 e. The number of hydrogen-bond donors (Lipinski definition) is 1. The molecule has 0 heterocycles. The van der Waals surface area contributed by atoms with Gasteiger partial charge in [0.15, 0.2) is 5.54 Å². The average Bonchev–Trinajstić information content (AvgIpc) is 3.20. The first-order chi connectivity index (χ1) is 9.63. The lowest BCUT2D eigenvalue weighted by molar-refractivity contribution is -0.194.